The monoisotopic (exact) mass is 268 g/mol. The van der Waals surface area contributed by atoms with Crippen LogP contribution < -0.4 is 5.73 Å². The third kappa shape index (κ3) is 2.06. The van der Waals surface area contributed by atoms with Gasteiger partial charge in [-0.3, -0.25) is 4.79 Å². The highest BCUT2D eigenvalue weighted by atomic mass is 79.9. The summed E-state index contributed by atoms with van der Waals surface area (Å²) in [5.41, 5.74) is 7.37. The quantitative estimate of drug-likeness (QED) is 0.908. The van der Waals surface area contributed by atoms with Gasteiger partial charge >= 0.3 is 0 Å². The summed E-state index contributed by atoms with van der Waals surface area (Å²) in [6.45, 7) is 2.10. The molecule has 0 spiro atoms. The molecule has 4 heteroatoms. The Morgan fingerprint density at radius 3 is 3.00 bits per heavy atom. The van der Waals surface area contributed by atoms with E-state index in [1.165, 1.54) is 0 Å². The lowest BCUT2D eigenvalue weighted by Crippen LogP contribution is -2.26. The minimum absolute atomic E-state index is 0.131. The zero-order chi connectivity index (χ0) is 10.8. The van der Waals surface area contributed by atoms with Crippen molar-refractivity contribution in [3.05, 3.63) is 33.8 Å². The van der Waals surface area contributed by atoms with Crippen molar-refractivity contribution in [1.82, 2.24) is 4.90 Å². The molecular weight excluding hydrogens is 256 g/mol. The molecule has 1 aromatic rings. The van der Waals surface area contributed by atoms with Gasteiger partial charge in [0.1, 0.15) is 0 Å². The summed E-state index contributed by atoms with van der Waals surface area (Å²) < 4.78 is 1.02. The number of benzene rings is 1. The van der Waals surface area contributed by atoms with Crippen molar-refractivity contribution in [1.29, 1.82) is 0 Å². The first-order chi connectivity index (χ1) is 7.22. The molecule has 0 aliphatic carbocycles. The molecule has 0 saturated carbocycles. The standard InChI is InChI=1S/C11H13BrN2O/c12-9-2-3-10-8(6-9)7-14(11(10)15)5-1-4-13/h2-3,6H,1,4-5,7,13H2. The Bertz CT molecular complexity index is 392. The molecule has 3 nitrogen and oxygen atoms in total. The molecule has 0 fully saturated rings. The summed E-state index contributed by atoms with van der Waals surface area (Å²) in [6, 6.07) is 5.79. The van der Waals surface area contributed by atoms with Gasteiger partial charge in [0, 0.05) is 23.1 Å². The van der Waals surface area contributed by atoms with E-state index in [9.17, 15) is 4.79 Å². The molecule has 0 unspecified atom stereocenters. The highest BCUT2D eigenvalue weighted by Crippen LogP contribution is 2.25. The summed E-state index contributed by atoms with van der Waals surface area (Å²) in [7, 11) is 0. The van der Waals surface area contributed by atoms with Crippen LogP contribution in [-0.4, -0.2) is 23.9 Å². The van der Waals surface area contributed by atoms with Crippen LogP contribution >= 0.6 is 15.9 Å². The Morgan fingerprint density at radius 1 is 1.47 bits per heavy atom. The van der Waals surface area contributed by atoms with E-state index in [1.54, 1.807) is 0 Å². The largest absolute Gasteiger partial charge is 0.334 e. The van der Waals surface area contributed by atoms with Gasteiger partial charge in [-0.15, -0.1) is 0 Å². The number of hydrogen-bond acceptors (Lipinski definition) is 2. The van der Waals surface area contributed by atoms with Gasteiger partial charge < -0.3 is 10.6 Å². The van der Waals surface area contributed by atoms with E-state index in [4.69, 9.17) is 5.73 Å². The van der Waals surface area contributed by atoms with Crippen molar-refractivity contribution >= 4 is 21.8 Å². The molecule has 1 aromatic carbocycles. The first-order valence-corrected chi connectivity index (χ1v) is 5.79. The number of hydrogen-bond donors (Lipinski definition) is 1. The molecule has 80 valence electrons. The minimum atomic E-state index is 0.131. The summed E-state index contributed by atoms with van der Waals surface area (Å²) in [5, 5.41) is 0. The average Bonchev–Trinajstić information content (AvgIpc) is 2.52. The maximum absolute atomic E-state index is 11.9. The lowest BCUT2D eigenvalue weighted by atomic mass is 10.1. The van der Waals surface area contributed by atoms with Crippen LogP contribution in [0.4, 0.5) is 0 Å². The third-order valence-corrected chi connectivity index (χ3v) is 3.07. The smallest absolute Gasteiger partial charge is 0.254 e. The maximum Gasteiger partial charge on any atom is 0.254 e. The number of halogens is 1. The van der Waals surface area contributed by atoms with E-state index in [1.807, 2.05) is 23.1 Å². The molecule has 1 aliphatic heterocycles. The molecule has 0 atom stereocenters. The first-order valence-electron chi connectivity index (χ1n) is 5.00. The maximum atomic E-state index is 11.9. The summed E-state index contributed by atoms with van der Waals surface area (Å²) in [5.74, 6) is 0.131. The van der Waals surface area contributed by atoms with E-state index in [-0.39, 0.29) is 5.91 Å². The second-order valence-electron chi connectivity index (χ2n) is 3.67. The molecule has 0 saturated heterocycles. The predicted octanol–water partition coefficient (Wildman–Crippen LogP) is 1.75. The highest BCUT2D eigenvalue weighted by molar-refractivity contribution is 9.10. The number of amides is 1. The third-order valence-electron chi connectivity index (χ3n) is 2.58. The Kier molecular flexibility index (Phi) is 3.07. The van der Waals surface area contributed by atoms with E-state index >= 15 is 0 Å². The fourth-order valence-corrected chi connectivity index (χ4v) is 2.22. The van der Waals surface area contributed by atoms with Crippen LogP contribution in [-0.2, 0) is 6.54 Å². The number of carbonyl (C=O) groups excluding carboxylic acids is 1. The topological polar surface area (TPSA) is 46.3 Å². The number of nitrogens with zero attached hydrogens (tertiary/aromatic N) is 1. The average molecular weight is 269 g/mol. The Hall–Kier alpha value is -0.870. The minimum Gasteiger partial charge on any atom is -0.334 e. The molecule has 0 aromatic heterocycles. The van der Waals surface area contributed by atoms with Crippen LogP contribution in [0.1, 0.15) is 22.3 Å². The van der Waals surface area contributed by atoms with Crippen molar-refractivity contribution < 1.29 is 4.79 Å². The molecule has 1 aliphatic rings. The second-order valence-corrected chi connectivity index (χ2v) is 4.59. The number of fused-ring (bicyclic) bond motifs is 1. The zero-order valence-electron chi connectivity index (χ0n) is 8.37. The van der Waals surface area contributed by atoms with Crippen LogP contribution in [0.25, 0.3) is 0 Å². The molecule has 15 heavy (non-hydrogen) atoms. The van der Waals surface area contributed by atoms with Crippen molar-refractivity contribution in [3.63, 3.8) is 0 Å². The Morgan fingerprint density at radius 2 is 2.27 bits per heavy atom. The van der Waals surface area contributed by atoms with Gasteiger partial charge in [-0.25, -0.2) is 0 Å². The molecule has 2 rings (SSSR count). The molecule has 0 bridgehead atoms. The number of rotatable bonds is 3. The van der Waals surface area contributed by atoms with Gasteiger partial charge in [-0.1, -0.05) is 15.9 Å². The lowest BCUT2D eigenvalue weighted by Gasteiger charge is -2.14. The molecule has 2 N–H and O–H groups in total. The van der Waals surface area contributed by atoms with Crippen LogP contribution in [0.5, 0.6) is 0 Å². The van der Waals surface area contributed by atoms with Crippen LogP contribution in [0, 0.1) is 0 Å². The Labute approximate surface area is 97.4 Å². The predicted molar refractivity (Wildman–Crippen MR) is 62.6 cm³/mol. The normalized spacial score (nSPS) is 14.5. The van der Waals surface area contributed by atoms with Crippen LogP contribution in [0.3, 0.4) is 0 Å². The number of nitrogens with two attached hydrogens (primary N) is 1. The zero-order valence-corrected chi connectivity index (χ0v) is 9.96. The van der Waals surface area contributed by atoms with E-state index in [0.29, 0.717) is 13.1 Å². The second kappa shape index (κ2) is 4.33. The molecule has 0 radical (unpaired) electrons. The van der Waals surface area contributed by atoms with Crippen molar-refractivity contribution in [2.45, 2.75) is 13.0 Å². The SMILES string of the molecule is NCCCN1Cc2cc(Br)ccc2C1=O. The van der Waals surface area contributed by atoms with E-state index in [0.717, 1.165) is 28.6 Å². The van der Waals surface area contributed by atoms with Crippen molar-refractivity contribution in [2.75, 3.05) is 13.1 Å². The first kappa shape index (κ1) is 10.6. The van der Waals surface area contributed by atoms with E-state index in [2.05, 4.69) is 15.9 Å². The van der Waals surface area contributed by atoms with Crippen molar-refractivity contribution in [3.8, 4) is 0 Å². The van der Waals surface area contributed by atoms with Crippen molar-refractivity contribution in [2.24, 2.45) is 5.73 Å². The van der Waals surface area contributed by atoms with Crippen LogP contribution in [0.15, 0.2) is 22.7 Å². The highest BCUT2D eigenvalue weighted by Gasteiger charge is 2.26. The fraction of sp³-hybridized carbons (Fsp3) is 0.364. The summed E-state index contributed by atoms with van der Waals surface area (Å²) >= 11 is 3.41. The molecule has 1 heterocycles. The van der Waals surface area contributed by atoms with Gasteiger partial charge in [-0.2, -0.15) is 0 Å². The number of carbonyl (C=O) groups is 1. The summed E-state index contributed by atoms with van der Waals surface area (Å²) in [6.07, 6.45) is 0.862. The van der Waals surface area contributed by atoms with Gasteiger partial charge in [0.15, 0.2) is 0 Å². The van der Waals surface area contributed by atoms with Gasteiger partial charge in [0.2, 0.25) is 0 Å². The Balaban J connectivity index is 2.18. The lowest BCUT2D eigenvalue weighted by molar-refractivity contribution is 0.0777. The fourth-order valence-electron chi connectivity index (χ4n) is 1.81. The van der Waals surface area contributed by atoms with Gasteiger partial charge in [0.25, 0.3) is 5.91 Å². The van der Waals surface area contributed by atoms with Crippen LogP contribution in [0.2, 0.25) is 0 Å². The van der Waals surface area contributed by atoms with E-state index < -0.39 is 0 Å². The van der Waals surface area contributed by atoms with Gasteiger partial charge in [0.05, 0.1) is 0 Å². The van der Waals surface area contributed by atoms with Gasteiger partial charge in [-0.05, 0) is 36.7 Å². The summed E-state index contributed by atoms with van der Waals surface area (Å²) in [4.78, 5) is 13.7. The molecular formula is C11H13BrN2O. The molecule has 1 amide bonds.